The molecule has 0 saturated carbocycles. The quantitative estimate of drug-likeness (QED) is 0.579. The molecule has 0 aliphatic carbocycles. The summed E-state index contributed by atoms with van der Waals surface area (Å²) < 4.78 is 5.58. The zero-order valence-corrected chi connectivity index (χ0v) is 8.42. The zero-order valence-electron chi connectivity index (χ0n) is 8.42. The lowest BCUT2D eigenvalue weighted by Crippen LogP contribution is -2.04. The highest BCUT2D eigenvalue weighted by atomic mass is 16.5. The van der Waals surface area contributed by atoms with Crippen LogP contribution in [-0.2, 0) is 6.54 Å². The van der Waals surface area contributed by atoms with E-state index in [0.717, 1.165) is 16.9 Å². The van der Waals surface area contributed by atoms with Crippen LogP contribution in [0.5, 0.6) is 5.75 Å². The number of aryl methyl sites for hydroxylation is 1. The van der Waals surface area contributed by atoms with Crippen molar-refractivity contribution in [3.05, 3.63) is 29.3 Å². The Morgan fingerprint density at radius 2 is 2.29 bits per heavy atom. The van der Waals surface area contributed by atoms with E-state index in [9.17, 15) is 0 Å². The van der Waals surface area contributed by atoms with E-state index in [-0.39, 0.29) is 0 Å². The van der Waals surface area contributed by atoms with E-state index < -0.39 is 0 Å². The van der Waals surface area contributed by atoms with Crippen molar-refractivity contribution < 1.29 is 4.74 Å². The molecule has 0 aromatic heterocycles. The third-order valence-corrected chi connectivity index (χ3v) is 2.01. The molecule has 0 atom stereocenters. The highest BCUT2D eigenvalue weighted by molar-refractivity contribution is 5.40. The Kier molecular flexibility index (Phi) is 4.03. The van der Waals surface area contributed by atoms with Crippen LogP contribution in [-0.4, -0.2) is 6.61 Å². The average molecular weight is 189 g/mol. The maximum absolute atomic E-state index is 5.60. The average Bonchev–Trinajstić information content (AvgIpc) is 2.20. The molecule has 0 saturated heterocycles. The largest absolute Gasteiger partial charge is 0.492 e. The van der Waals surface area contributed by atoms with Crippen LogP contribution in [0.3, 0.4) is 0 Å². The van der Waals surface area contributed by atoms with Crippen LogP contribution >= 0.6 is 0 Å². The van der Waals surface area contributed by atoms with E-state index in [4.69, 9.17) is 16.9 Å². The van der Waals surface area contributed by atoms with Gasteiger partial charge in [0.05, 0.1) is 6.61 Å². The Bertz CT molecular complexity index is 339. The summed E-state index contributed by atoms with van der Waals surface area (Å²) in [5, 5.41) is 0. The molecule has 0 amide bonds. The lowest BCUT2D eigenvalue weighted by atomic mass is 10.1. The fourth-order valence-corrected chi connectivity index (χ4v) is 1.29. The molecule has 0 spiro atoms. The minimum Gasteiger partial charge on any atom is -0.492 e. The van der Waals surface area contributed by atoms with Crippen LogP contribution in [0.2, 0.25) is 0 Å². The van der Waals surface area contributed by atoms with Gasteiger partial charge in [0, 0.05) is 18.5 Å². The summed E-state index contributed by atoms with van der Waals surface area (Å²) in [6.07, 6.45) is 5.77. The Hall–Kier alpha value is -1.46. The fourth-order valence-electron chi connectivity index (χ4n) is 1.29. The molecule has 14 heavy (non-hydrogen) atoms. The van der Waals surface area contributed by atoms with Crippen molar-refractivity contribution in [3.8, 4) is 18.1 Å². The van der Waals surface area contributed by atoms with Gasteiger partial charge < -0.3 is 10.5 Å². The summed E-state index contributed by atoms with van der Waals surface area (Å²) >= 11 is 0. The standard InChI is InChI=1S/C12H15NO/c1-3-4-8-14-12-10(2)6-5-7-11(12)9-13/h1,5-7H,4,8-9,13H2,2H3. The Labute approximate surface area is 85.1 Å². The number of ether oxygens (including phenoxy) is 1. The van der Waals surface area contributed by atoms with E-state index in [1.807, 2.05) is 25.1 Å². The minimum absolute atomic E-state index is 0.493. The van der Waals surface area contributed by atoms with E-state index in [1.54, 1.807) is 0 Å². The summed E-state index contributed by atoms with van der Waals surface area (Å²) in [6.45, 7) is 3.05. The van der Waals surface area contributed by atoms with Crippen molar-refractivity contribution in [2.24, 2.45) is 5.73 Å². The van der Waals surface area contributed by atoms with Crippen molar-refractivity contribution in [2.75, 3.05) is 6.61 Å². The first kappa shape index (κ1) is 10.6. The van der Waals surface area contributed by atoms with Crippen molar-refractivity contribution in [1.29, 1.82) is 0 Å². The number of benzene rings is 1. The van der Waals surface area contributed by atoms with Crippen molar-refractivity contribution in [3.63, 3.8) is 0 Å². The molecule has 74 valence electrons. The van der Waals surface area contributed by atoms with Crippen molar-refractivity contribution >= 4 is 0 Å². The first-order valence-corrected chi connectivity index (χ1v) is 4.64. The maximum Gasteiger partial charge on any atom is 0.126 e. The van der Waals surface area contributed by atoms with Gasteiger partial charge in [0.15, 0.2) is 0 Å². The van der Waals surface area contributed by atoms with E-state index >= 15 is 0 Å². The van der Waals surface area contributed by atoms with Gasteiger partial charge >= 0.3 is 0 Å². The van der Waals surface area contributed by atoms with Gasteiger partial charge in [0.2, 0.25) is 0 Å². The zero-order chi connectivity index (χ0) is 10.4. The lowest BCUT2D eigenvalue weighted by Gasteiger charge is -2.11. The second-order valence-corrected chi connectivity index (χ2v) is 3.07. The summed E-state index contributed by atoms with van der Waals surface area (Å²) in [5.41, 5.74) is 7.73. The predicted molar refractivity (Wildman–Crippen MR) is 58.0 cm³/mol. The van der Waals surface area contributed by atoms with Crippen LogP contribution in [0.25, 0.3) is 0 Å². The summed E-state index contributed by atoms with van der Waals surface area (Å²) in [4.78, 5) is 0. The monoisotopic (exact) mass is 189 g/mol. The van der Waals surface area contributed by atoms with E-state index in [0.29, 0.717) is 19.6 Å². The van der Waals surface area contributed by atoms with Crippen LogP contribution in [0.1, 0.15) is 17.5 Å². The fraction of sp³-hybridized carbons (Fsp3) is 0.333. The molecular weight excluding hydrogens is 174 g/mol. The number of para-hydroxylation sites is 1. The third kappa shape index (κ3) is 2.51. The molecule has 0 radical (unpaired) electrons. The van der Waals surface area contributed by atoms with Gasteiger partial charge in [-0.2, -0.15) is 0 Å². The summed E-state index contributed by atoms with van der Waals surface area (Å²) in [5.74, 6) is 3.42. The molecule has 0 unspecified atom stereocenters. The van der Waals surface area contributed by atoms with Gasteiger partial charge in [0.25, 0.3) is 0 Å². The number of hydrogen-bond acceptors (Lipinski definition) is 2. The minimum atomic E-state index is 0.493. The molecule has 1 aromatic carbocycles. The van der Waals surface area contributed by atoms with Crippen LogP contribution in [0.4, 0.5) is 0 Å². The molecule has 0 aliphatic rings. The van der Waals surface area contributed by atoms with Gasteiger partial charge in [-0.3, -0.25) is 0 Å². The number of terminal acetylenes is 1. The Balaban J connectivity index is 2.78. The molecule has 0 aliphatic heterocycles. The van der Waals surface area contributed by atoms with Gasteiger partial charge in [-0.1, -0.05) is 18.2 Å². The van der Waals surface area contributed by atoms with Crippen molar-refractivity contribution in [2.45, 2.75) is 19.9 Å². The molecule has 1 rings (SSSR count). The normalized spacial score (nSPS) is 9.50. The summed E-state index contributed by atoms with van der Waals surface area (Å²) in [6, 6.07) is 5.95. The van der Waals surface area contributed by atoms with Gasteiger partial charge in [0.1, 0.15) is 5.75 Å². The number of hydrogen-bond donors (Lipinski definition) is 1. The Morgan fingerprint density at radius 1 is 1.50 bits per heavy atom. The molecular formula is C12H15NO. The van der Waals surface area contributed by atoms with Crippen molar-refractivity contribution in [1.82, 2.24) is 0 Å². The molecule has 0 bridgehead atoms. The Morgan fingerprint density at radius 3 is 2.93 bits per heavy atom. The smallest absolute Gasteiger partial charge is 0.126 e. The van der Waals surface area contributed by atoms with E-state index in [2.05, 4.69) is 5.92 Å². The van der Waals surface area contributed by atoms with Gasteiger partial charge in [-0.05, 0) is 12.5 Å². The molecule has 2 heteroatoms. The number of nitrogens with two attached hydrogens (primary N) is 1. The highest BCUT2D eigenvalue weighted by Gasteiger charge is 2.04. The summed E-state index contributed by atoms with van der Waals surface area (Å²) in [7, 11) is 0. The third-order valence-electron chi connectivity index (χ3n) is 2.01. The molecule has 1 aromatic rings. The number of rotatable bonds is 4. The van der Waals surface area contributed by atoms with Crippen LogP contribution < -0.4 is 10.5 Å². The topological polar surface area (TPSA) is 35.2 Å². The highest BCUT2D eigenvalue weighted by Crippen LogP contribution is 2.22. The maximum atomic E-state index is 5.60. The van der Waals surface area contributed by atoms with Crippen LogP contribution in [0, 0.1) is 19.3 Å². The molecule has 0 fully saturated rings. The van der Waals surface area contributed by atoms with Gasteiger partial charge in [-0.25, -0.2) is 0 Å². The first-order valence-electron chi connectivity index (χ1n) is 4.64. The van der Waals surface area contributed by atoms with E-state index in [1.165, 1.54) is 0 Å². The molecule has 0 heterocycles. The van der Waals surface area contributed by atoms with Crippen LogP contribution in [0.15, 0.2) is 18.2 Å². The predicted octanol–water partition coefficient (Wildman–Crippen LogP) is 1.86. The molecule has 2 nitrogen and oxygen atoms in total. The first-order chi connectivity index (χ1) is 6.79. The molecule has 2 N–H and O–H groups in total. The second kappa shape index (κ2) is 5.31. The van der Waals surface area contributed by atoms with Gasteiger partial charge in [-0.15, -0.1) is 12.3 Å². The SMILES string of the molecule is C#CCCOc1c(C)cccc1CN. The second-order valence-electron chi connectivity index (χ2n) is 3.07. The lowest BCUT2D eigenvalue weighted by molar-refractivity contribution is 0.321.